The number of alkyl halides is 1. The molecule has 1 aromatic carbocycles. The molecule has 2 heterocycles. The van der Waals surface area contributed by atoms with Gasteiger partial charge in [0, 0.05) is 17.0 Å². The SMILES string of the molecule is OC[C@H]1O[C@@H](O)[C@H](O)[C@@H](Oc2cc3ccccc3[nH]2)[C@]1(Cl)OBr. The van der Waals surface area contributed by atoms with Crippen molar-refractivity contribution in [3.8, 4) is 5.88 Å². The fourth-order valence-corrected chi connectivity index (χ4v) is 3.25. The van der Waals surface area contributed by atoms with E-state index in [4.69, 9.17) is 24.9 Å². The molecule has 7 nitrogen and oxygen atoms in total. The number of fused-ring (bicyclic) bond motifs is 1. The van der Waals surface area contributed by atoms with Gasteiger partial charge in [-0.15, -0.1) is 0 Å². The summed E-state index contributed by atoms with van der Waals surface area (Å²) in [6, 6.07) is 9.22. The number of rotatable bonds is 4. The van der Waals surface area contributed by atoms with Gasteiger partial charge in [0.25, 0.3) is 0 Å². The van der Waals surface area contributed by atoms with E-state index in [9.17, 15) is 15.3 Å². The Hall–Kier alpha value is -0.870. The number of benzene rings is 1. The van der Waals surface area contributed by atoms with Crippen LogP contribution in [-0.4, -0.2) is 56.6 Å². The first-order chi connectivity index (χ1) is 11.0. The van der Waals surface area contributed by atoms with Gasteiger partial charge in [0.1, 0.15) is 28.5 Å². The number of nitrogens with one attached hydrogen (secondary N) is 1. The molecule has 1 aliphatic rings. The molecule has 0 spiro atoms. The average Bonchev–Trinajstić information content (AvgIpc) is 2.97. The zero-order valence-electron chi connectivity index (χ0n) is 11.7. The number of aromatic amines is 1. The molecule has 0 amide bonds. The Bertz CT molecular complexity index is 651. The van der Waals surface area contributed by atoms with Crippen LogP contribution >= 0.6 is 27.9 Å². The molecule has 5 atom stereocenters. The maximum Gasteiger partial charge on any atom is 0.223 e. The quantitative estimate of drug-likeness (QED) is 0.568. The van der Waals surface area contributed by atoms with Crippen molar-refractivity contribution < 1.29 is 28.6 Å². The third kappa shape index (κ3) is 2.96. The highest BCUT2D eigenvalue weighted by Gasteiger charge is 2.58. The molecule has 1 aromatic heterocycles. The van der Waals surface area contributed by atoms with Crippen LogP contribution in [0.5, 0.6) is 5.88 Å². The van der Waals surface area contributed by atoms with Crippen LogP contribution < -0.4 is 4.74 Å². The molecule has 1 fully saturated rings. The van der Waals surface area contributed by atoms with Gasteiger partial charge in [-0.2, -0.15) is 0 Å². The third-order valence-corrected chi connectivity index (χ3v) is 5.03. The molecular weight excluding hydrogens is 394 g/mol. The summed E-state index contributed by atoms with van der Waals surface area (Å²) in [5.74, 6) is 0.329. The molecule has 23 heavy (non-hydrogen) atoms. The first-order valence-corrected chi connectivity index (χ1v) is 7.87. The maximum atomic E-state index is 10.2. The number of aliphatic hydroxyl groups is 3. The van der Waals surface area contributed by atoms with Gasteiger partial charge in [-0.1, -0.05) is 29.8 Å². The Kier molecular flexibility index (Phi) is 4.84. The van der Waals surface area contributed by atoms with E-state index in [1.54, 1.807) is 6.07 Å². The topological polar surface area (TPSA) is 104 Å². The van der Waals surface area contributed by atoms with Gasteiger partial charge in [-0.3, -0.25) is 3.83 Å². The highest BCUT2D eigenvalue weighted by molar-refractivity contribution is 9.06. The fraction of sp³-hybridized carbons (Fsp3) is 0.429. The van der Waals surface area contributed by atoms with Crippen molar-refractivity contribution in [1.29, 1.82) is 0 Å². The van der Waals surface area contributed by atoms with Crippen molar-refractivity contribution in [2.75, 3.05) is 6.61 Å². The Morgan fingerprint density at radius 1 is 1.35 bits per heavy atom. The lowest BCUT2D eigenvalue weighted by Gasteiger charge is -2.45. The van der Waals surface area contributed by atoms with E-state index in [0.29, 0.717) is 5.88 Å². The summed E-state index contributed by atoms with van der Waals surface area (Å²) < 4.78 is 15.8. The standard InChI is InChI=1S/C14H15BrClNO6/c15-23-14(16)9(6-18)21-13(20)11(19)12(14)22-10-5-7-3-1-2-4-8(7)17-10/h1-5,9,11-13,17-20H,6H2/t9-,11-,12-,13-,14-/m1/s1. The number of aromatic nitrogens is 1. The van der Waals surface area contributed by atoms with Gasteiger partial charge in [-0.05, 0) is 6.07 Å². The van der Waals surface area contributed by atoms with Gasteiger partial charge in [0.2, 0.25) is 5.06 Å². The van der Waals surface area contributed by atoms with Crippen LogP contribution in [0, 0.1) is 0 Å². The lowest BCUT2D eigenvalue weighted by Crippen LogP contribution is -2.66. The lowest BCUT2D eigenvalue weighted by molar-refractivity contribution is -0.285. The van der Waals surface area contributed by atoms with Gasteiger partial charge in [-0.25, -0.2) is 0 Å². The minimum Gasteiger partial charge on any atom is -0.468 e. The Balaban J connectivity index is 1.93. The predicted molar refractivity (Wildman–Crippen MR) is 85.3 cm³/mol. The summed E-state index contributed by atoms with van der Waals surface area (Å²) in [6.45, 7) is -0.536. The second kappa shape index (κ2) is 6.56. The molecule has 0 radical (unpaired) electrons. The van der Waals surface area contributed by atoms with Gasteiger partial charge in [0.15, 0.2) is 18.3 Å². The van der Waals surface area contributed by atoms with Crippen molar-refractivity contribution in [3.63, 3.8) is 0 Å². The maximum absolute atomic E-state index is 10.2. The summed E-state index contributed by atoms with van der Waals surface area (Å²) in [5, 5.41) is 28.5. The summed E-state index contributed by atoms with van der Waals surface area (Å²) in [7, 11) is 0. The van der Waals surface area contributed by atoms with E-state index in [1.165, 1.54) is 0 Å². The van der Waals surface area contributed by atoms with E-state index in [1.807, 2.05) is 24.3 Å². The minimum atomic E-state index is -1.75. The summed E-state index contributed by atoms with van der Waals surface area (Å²) in [5.41, 5.74) is 0.836. The Morgan fingerprint density at radius 3 is 2.74 bits per heavy atom. The van der Waals surface area contributed by atoms with E-state index in [0.717, 1.165) is 10.9 Å². The first kappa shape index (κ1) is 17.0. The number of hydrogen-bond donors (Lipinski definition) is 4. The van der Waals surface area contributed by atoms with Crippen molar-refractivity contribution in [2.45, 2.75) is 29.7 Å². The molecule has 1 aliphatic heterocycles. The van der Waals surface area contributed by atoms with Crippen LogP contribution in [0.2, 0.25) is 0 Å². The van der Waals surface area contributed by atoms with Gasteiger partial charge in [0.05, 0.1) is 6.61 Å². The van der Waals surface area contributed by atoms with Crippen molar-refractivity contribution >= 4 is 38.8 Å². The first-order valence-electron chi connectivity index (χ1n) is 6.85. The van der Waals surface area contributed by atoms with E-state index >= 15 is 0 Å². The van der Waals surface area contributed by atoms with Crippen LogP contribution in [0.3, 0.4) is 0 Å². The smallest absolute Gasteiger partial charge is 0.223 e. The van der Waals surface area contributed by atoms with Crippen LogP contribution in [0.25, 0.3) is 10.9 Å². The largest absolute Gasteiger partial charge is 0.468 e. The van der Waals surface area contributed by atoms with E-state index in [-0.39, 0.29) is 0 Å². The lowest BCUT2D eigenvalue weighted by atomic mass is 9.98. The van der Waals surface area contributed by atoms with Crippen LogP contribution in [-0.2, 0) is 8.57 Å². The molecule has 0 unspecified atom stereocenters. The molecule has 0 aliphatic carbocycles. The molecule has 3 rings (SSSR count). The molecule has 4 N–H and O–H groups in total. The molecule has 0 saturated carbocycles. The Morgan fingerprint density at radius 2 is 2.09 bits per heavy atom. The number of ether oxygens (including phenoxy) is 2. The average molecular weight is 409 g/mol. The number of para-hydroxylation sites is 1. The highest BCUT2D eigenvalue weighted by atomic mass is 79.9. The fourth-order valence-electron chi connectivity index (χ4n) is 2.57. The monoisotopic (exact) mass is 407 g/mol. The molecule has 1 saturated heterocycles. The molecular formula is C14H15BrClNO6. The zero-order chi connectivity index (χ0) is 16.6. The van der Waals surface area contributed by atoms with Gasteiger partial charge >= 0.3 is 0 Å². The van der Waals surface area contributed by atoms with E-state index in [2.05, 4.69) is 21.2 Å². The zero-order valence-corrected chi connectivity index (χ0v) is 14.1. The second-order valence-corrected chi connectivity index (χ2v) is 6.14. The third-order valence-electron chi connectivity index (χ3n) is 3.78. The van der Waals surface area contributed by atoms with Crippen LogP contribution in [0.4, 0.5) is 0 Å². The molecule has 0 bridgehead atoms. The number of aliphatic hydroxyl groups excluding tert-OH is 3. The van der Waals surface area contributed by atoms with Gasteiger partial charge < -0.3 is 29.8 Å². The van der Waals surface area contributed by atoms with Crippen molar-refractivity contribution in [1.82, 2.24) is 4.98 Å². The second-order valence-electron chi connectivity index (χ2n) is 5.22. The summed E-state index contributed by atoms with van der Waals surface area (Å²) >= 11 is 9.11. The van der Waals surface area contributed by atoms with Crippen LogP contribution in [0.15, 0.2) is 30.3 Å². The number of H-pyrrole nitrogens is 1. The summed E-state index contributed by atoms with van der Waals surface area (Å²) in [6.07, 6.45) is -5.39. The van der Waals surface area contributed by atoms with Crippen molar-refractivity contribution in [2.24, 2.45) is 0 Å². The highest BCUT2D eigenvalue weighted by Crippen LogP contribution is 2.40. The molecule has 2 aromatic rings. The summed E-state index contributed by atoms with van der Waals surface area (Å²) in [4.78, 5) is 3.03. The predicted octanol–water partition coefficient (Wildman–Crippen LogP) is 1.25. The minimum absolute atomic E-state index is 0.329. The Labute approximate surface area is 145 Å². The van der Waals surface area contributed by atoms with E-state index < -0.39 is 36.3 Å². The molecule has 126 valence electrons. The number of halogens is 2. The van der Waals surface area contributed by atoms with Crippen molar-refractivity contribution in [3.05, 3.63) is 30.3 Å². The normalized spacial score (nSPS) is 34.7. The van der Waals surface area contributed by atoms with Crippen LogP contribution in [0.1, 0.15) is 0 Å². The molecule has 9 heteroatoms. The number of hydrogen-bond acceptors (Lipinski definition) is 6.